The fourth-order valence-corrected chi connectivity index (χ4v) is 8.48. The molecule has 1 nitrogen and oxygen atoms in total. The van der Waals surface area contributed by atoms with E-state index in [1.165, 1.54) is 82.8 Å². The van der Waals surface area contributed by atoms with Gasteiger partial charge in [0.2, 0.25) is 6.71 Å². The Kier molecular flexibility index (Phi) is 5.38. The van der Waals surface area contributed by atoms with E-state index < -0.39 is 0 Å². The summed E-state index contributed by atoms with van der Waals surface area (Å²) in [5, 5.41) is 3.97. The highest BCUT2D eigenvalue weighted by atomic mass is 15.0. The standard InChI is InChI=1S/C43H36BN/c1-42(2,3)30-23-24-33-35(26-30)44-38-31-20-13-12-19-29(31)25-32-37(27-15-8-6-9-16-27)40(28-17-10-7-11-18-28)45(41(32)38)36-22-14-21-34(39(36)44)43(33,4)5/h6-26H,1-5H3. The van der Waals surface area contributed by atoms with Crippen LogP contribution in [0.25, 0.3) is 49.7 Å². The zero-order valence-electron chi connectivity index (χ0n) is 26.6. The molecule has 216 valence electrons. The van der Waals surface area contributed by atoms with Gasteiger partial charge in [0.25, 0.3) is 0 Å². The minimum Gasteiger partial charge on any atom is -0.310 e. The maximum Gasteiger partial charge on any atom is 0.248 e. The van der Waals surface area contributed by atoms with E-state index in [-0.39, 0.29) is 17.5 Å². The SMILES string of the molecule is CC(C)(C)c1ccc2c(c1)B1c3c(cccc3C2(C)C)-n2c(-c3ccccc3)c(-c3ccccc3)c3cc4ccccc4c1c32. The van der Waals surface area contributed by atoms with Crippen molar-refractivity contribution in [3.8, 4) is 28.1 Å². The molecule has 3 heterocycles. The molecule has 7 aromatic rings. The summed E-state index contributed by atoms with van der Waals surface area (Å²) in [5.41, 5.74) is 16.3. The number of fused-ring (bicyclic) bond motifs is 6. The summed E-state index contributed by atoms with van der Waals surface area (Å²) in [4.78, 5) is 0. The largest absolute Gasteiger partial charge is 0.310 e. The Labute approximate surface area is 266 Å². The molecule has 2 aliphatic rings. The van der Waals surface area contributed by atoms with Crippen LogP contribution in [0, 0.1) is 0 Å². The van der Waals surface area contributed by atoms with Crippen LogP contribution in [0.15, 0.2) is 127 Å². The van der Waals surface area contributed by atoms with E-state index in [0.717, 1.165) is 0 Å². The number of hydrogen-bond donors (Lipinski definition) is 0. The molecule has 6 aromatic carbocycles. The highest BCUT2D eigenvalue weighted by Crippen LogP contribution is 2.46. The summed E-state index contributed by atoms with van der Waals surface area (Å²) in [6.45, 7) is 12.0. The molecule has 1 aromatic heterocycles. The lowest BCUT2D eigenvalue weighted by Gasteiger charge is -2.43. The molecule has 0 fully saturated rings. The smallest absolute Gasteiger partial charge is 0.248 e. The van der Waals surface area contributed by atoms with Crippen LogP contribution in [-0.4, -0.2) is 11.3 Å². The molecule has 0 saturated carbocycles. The summed E-state index contributed by atoms with van der Waals surface area (Å²) >= 11 is 0. The Morgan fingerprint density at radius 1 is 0.600 bits per heavy atom. The number of benzene rings is 6. The third-order valence-corrected chi connectivity index (χ3v) is 10.6. The van der Waals surface area contributed by atoms with Gasteiger partial charge in [0.05, 0.1) is 11.2 Å². The minimum absolute atomic E-state index is 0.0584. The van der Waals surface area contributed by atoms with Gasteiger partial charge in [-0.2, -0.15) is 0 Å². The topological polar surface area (TPSA) is 4.93 Å². The third-order valence-electron chi connectivity index (χ3n) is 10.6. The van der Waals surface area contributed by atoms with E-state index in [4.69, 9.17) is 0 Å². The van der Waals surface area contributed by atoms with Crippen LogP contribution in [0.2, 0.25) is 0 Å². The molecular weight excluding hydrogens is 541 g/mol. The normalized spacial score (nSPS) is 14.5. The van der Waals surface area contributed by atoms with Gasteiger partial charge in [-0.1, -0.05) is 155 Å². The molecule has 9 rings (SSSR count). The Morgan fingerprint density at radius 3 is 2.02 bits per heavy atom. The number of aromatic nitrogens is 1. The summed E-state index contributed by atoms with van der Waals surface area (Å²) in [6, 6.07) is 48.0. The maximum atomic E-state index is 2.62. The van der Waals surface area contributed by atoms with Crippen molar-refractivity contribution in [1.82, 2.24) is 4.57 Å². The zero-order chi connectivity index (χ0) is 30.7. The van der Waals surface area contributed by atoms with Crippen molar-refractivity contribution in [3.63, 3.8) is 0 Å². The first-order valence-corrected chi connectivity index (χ1v) is 16.2. The van der Waals surface area contributed by atoms with Crippen molar-refractivity contribution in [2.45, 2.75) is 45.4 Å². The van der Waals surface area contributed by atoms with Crippen LogP contribution < -0.4 is 16.4 Å². The molecule has 0 amide bonds. The molecule has 0 atom stereocenters. The predicted octanol–water partition coefficient (Wildman–Crippen LogP) is 8.88. The Hall–Kier alpha value is -4.82. The van der Waals surface area contributed by atoms with Crippen LogP contribution in [0.1, 0.15) is 51.3 Å². The van der Waals surface area contributed by atoms with Crippen LogP contribution in [-0.2, 0) is 10.8 Å². The van der Waals surface area contributed by atoms with E-state index in [1.54, 1.807) is 0 Å². The first-order chi connectivity index (χ1) is 21.7. The van der Waals surface area contributed by atoms with Gasteiger partial charge in [0.1, 0.15) is 0 Å². The van der Waals surface area contributed by atoms with Gasteiger partial charge in [-0.05, 0) is 67.1 Å². The summed E-state index contributed by atoms with van der Waals surface area (Å²) < 4.78 is 2.62. The first kappa shape index (κ1) is 26.6. The number of nitrogens with zero attached hydrogens (tertiary/aromatic N) is 1. The molecule has 0 radical (unpaired) electrons. The predicted molar refractivity (Wildman–Crippen MR) is 194 cm³/mol. The Bertz CT molecular complexity index is 2320. The van der Waals surface area contributed by atoms with Gasteiger partial charge in [-0.3, -0.25) is 0 Å². The molecule has 0 aliphatic carbocycles. The van der Waals surface area contributed by atoms with Gasteiger partial charge in [-0.25, -0.2) is 0 Å². The molecule has 2 aliphatic heterocycles. The molecule has 0 saturated heterocycles. The lowest BCUT2D eigenvalue weighted by atomic mass is 9.30. The maximum absolute atomic E-state index is 2.62. The Morgan fingerprint density at radius 2 is 1.29 bits per heavy atom. The average Bonchev–Trinajstić information content (AvgIpc) is 3.39. The van der Waals surface area contributed by atoms with Gasteiger partial charge < -0.3 is 4.57 Å². The molecule has 0 N–H and O–H groups in total. The van der Waals surface area contributed by atoms with Crippen molar-refractivity contribution < 1.29 is 0 Å². The summed E-state index contributed by atoms with van der Waals surface area (Å²) in [6.07, 6.45) is 0. The zero-order valence-corrected chi connectivity index (χ0v) is 26.6. The highest BCUT2D eigenvalue weighted by Gasteiger charge is 2.46. The van der Waals surface area contributed by atoms with Crippen molar-refractivity contribution in [2.24, 2.45) is 0 Å². The molecule has 0 bridgehead atoms. The summed E-state index contributed by atoms with van der Waals surface area (Å²) in [5.74, 6) is 0. The van der Waals surface area contributed by atoms with Crippen molar-refractivity contribution >= 4 is 44.8 Å². The van der Waals surface area contributed by atoms with E-state index in [0.29, 0.717) is 0 Å². The molecule has 0 spiro atoms. The summed E-state index contributed by atoms with van der Waals surface area (Å²) in [7, 11) is 0. The van der Waals surface area contributed by atoms with Crippen LogP contribution >= 0.6 is 0 Å². The van der Waals surface area contributed by atoms with Crippen molar-refractivity contribution in [1.29, 1.82) is 0 Å². The third kappa shape index (κ3) is 3.57. The van der Waals surface area contributed by atoms with Crippen LogP contribution in [0.4, 0.5) is 0 Å². The minimum atomic E-state index is -0.128. The Balaban J connectivity index is 1.55. The average molecular weight is 578 g/mol. The highest BCUT2D eigenvalue weighted by molar-refractivity contribution is 7.00. The molecular formula is C43H36BN. The molecule has 0 unspecified atom stereocenters. The second kappa shape index (κ2) is 9.11. The number of hydrogen-bond acceptors (Lipinski definition) is 0. The van der Waals surface area contributed by atoms with Gasteiger partial charge in [0, 0.05) is 22.1 Å². The van der Waals surface area contributed by atoms with Gasteiger partial charge in [0.15, 0.2) is 0 Å². The van der Waals surface area contributed by atoms with Gasteiger partial charge >= 0.3 is 0 Å². The van der Waals surface area contributed by atoms with Crippen molar-refractivity contribution in [3.05, 3.63) is 144 Å². The molecule has 45 heavy (non-hydrogen) atoms. The van der Waals surface area contributed by atoms with Gasteiger partial charge in [-0.15, -0.1) is 0 Å². The lowest BCUT2D eigenvalue weighted by molar-refractivity contribution is 0.588. The monoisotopic (exact) mass is 577 g/mol. The fourth-order valence-electron chi connectivity index (χ4n) is 8.48. The van der Waals surface area contributed by atoms with E-state index in [9.17, 15) is 0 Å². The van der Waals surface area contributed by atoms with Crippen LogP contribution in [0.3, 0.4) is 0 Å². The lowest BCUT2D eigenvalue weighted by Crippen LogP contribution is -2.63. The van der Waals surface area contributed by atoms with Crippen molar-refractivity contribution in [2.75, 3.05) is 0 Å². The van der Waals surface area contributed by atoms with E-state index in [2.05, 4.69) is 167 Å². The second-order valence-corrected chi connectivity index (χ2v) is 14.5. The molecule has 2 heteroatoms. The number of rotatable bonds is 2. The second-order valence-electron chi connectivity index (χ2n) is 14.5. The van der Waals surface area contributed by atoms with E-state index in [1.807, 2.05) is 0 Å². The van der Waals surface area contributed by atoms with E-state index >= 15 is 0 Å². The fraction of sp³-hybridized carbons (Fsp3) is 0.163. The quantitative estimate of drug-likeness (QED) is 0.181. The first-order valence-electron chi connectivity index (χ1n) is 16.2. The van der Waals surface area contributed by atoms with Crippen LogP contribution in [0.5, 0.6) is 0 Å².